The number of aryl methyl sites for hydroxylation is 1. The Labute approximate surface area is 161 Å². The molecule has 0 fully saturated rings. The highest BCUT2D eigenvalue weighted by molar-refractivity contribution is 6.01. The van der Waals surface area contributed by atoms with Crippen LogP contribution in [0.5, 0.6) is 0 Å². The number of likely N-dealkylation sites (N-methyl/N-ethyl adjacent to an activating group) is 1. The first-order valence-corrected chi connectivity index (χ1v) is 8.99. The first kappa shape index (κ1) is 17.8. The summed E-state index contributed by atoms with van der Waals surface area (Å²) in [6.07, 6.45) is 4.67. The SMILES string of the molecule is CN1C(=O)C(NC(=O)c2cc(Cc3ccccc3)on2)CCc2nccnc21. The summed E-state index contributed by atoms with van der Waals surface area (Å²) in [4.78, 5) is 35.2. The monoisotopic (exact) mass is 377 g/mol. The van der Waals surface area contributed by atoms with E-state index in [1.807, 2.05) is 30.3 Å². The van der Waals surface area contributed by atoms with Crippen LogP contribution in [-0.2, 0) is 17.6 Å². The van der Waals surface area contributed by atoms with Crippen LogP contribution in [0.2, 0.25) is 0 Å². The van der Waals surface area contributed by atoms with E-state index in [4.69, 9.17) is 4.52 Å². The van der Waals surface area contributed by atoms with Gasteiger partial charge in [0, 0.05) is 31.9 Å². The van der Waals surface area contributed by atoms with E-state index in [0.29, 0.717) is 30.8 Å². The zero-order chi connectivity index (χ0) is 19.5. The van der Waals surface area contributed by atoms with Gasteiger partial charge in [0.1, 0.15) is 11.8 Å². The lowest BCUT2D eigenvalue weighted by molar-refractivity contribution is -0.120. The third kappa shape index (κ3) is 3.62. The molecule has 0 spiro atoms. The number of hydrogen-bond donors (Lipinski definition) is 1. The van der Waals surface area contributed by atoms with Crippen molar-refractivity contribution in [2.24, 2.45) is 0 Å². The average Bonchev–Trinajstić information content (AvgIpc) is 3.15. The predicted octanol–water partition coefficient (Wildman–Crippen LogP) is 1.76. The third-order valence-electron chi connectivity index (χ3n) is 4.69. The minimum atomic E-state index is -0.678. The number of amides is 2. The van der Waals surface area contributed by atoms with Gasteiger partial charge in [0.05, 0.1) is 5.69 Å². The average molecular weight is 377 g/mol. The highest BCUT2D eigenvalue weighted by atomic mass is 16.5. The van der Waals surface area contributed by atoms with Crippen molar-refractivity contribution >= 4 is 17.6 Å². The zero-order valence-corrected chi connectivity index (χ0v) is 15.3. The predicted molar refractivity (Wildman–Crippen MR) is 101 cm³/mol. The van der Waals surface area contributed by atoms with Crippen LogP contribution in [0, 0.1) is 0 Å². The molecular weight excluding hydrogens is 358 g/mol. The van der Waals surface area contributed by atoms with Crippen molar-refractivity contribution < 1.29 is 14.1 Å². The standard InChI is InChI=1S/C20H19N5O3/c1-25-18-15(21-9-10-22-18)7-8-16(20(25)27)23-19(26)17-12-14(28-24-17)11-13-5-3-2-4-6-13/h2-6,9-10,12,16H,7-8,11H2,1H3,(H,23,26). The molecule has 0 aliphatic carbocycles. The Morgan fingerprint density at radius 1 is 1.25 bits per heavy atom. The van der Waals surface area contributed by atoms with E-state index in [-0.39, 0.29) is 11.6 Å². The maximum Gasteiger partial charge on any atom is 0.274 e. The molecule has 2 amide bonds. The summed E-state index contributed by atoms with van der Waals surface area (Å²) in [6, 6.07) is 10.7. The second-order valence-corrected chi connectivity index (χ2v) is 6.63. The summed E-state index contributed by atoms with van der Waals surface area (Å²) < 4.78 is 5.28. The maximum absolute atomic E-state index is 12.7. The minimum Gasteiger partial charge on any atom is -0.360 e. The van der Waals surface area contributed by atoms with Crippen LogP contribution in [0.4, 0.5) is 5.82 Å². The molecule has 0 saturated heterocycles. The fourth-order valence-corrected chi connectivity index (χ4v) is 3.23. The van der Waals surface area contributed by atoms with E-state index in [9.17, 15) is 9.59 Å². The number of anilines is 1. The van der Waals surface area contributed by atoms with E-state index in [1.165, 1.54) is 4.90 Å². The smallest absolute Gasteiger partial charge is 0.274 e. The number of benzene rings is 1. The second-order valence-electron chi connectivity index (χ2n) is 6.63. The lowest BCUT2D eigenvalue weighted by atomic mass is 10.1. The van der Waals surface area contributed by atoms with Gasteiger partial charge in [-0.25, -0.2) is 4.98 Å². The first-order valence-electron chi connectivity index (χ1n) is 8.99. The van der Waals surface area contributed by atoms with E-state index in [2.05, 4.69) is 20.4 Å². The number of carbonyl (C=O) groups excluding carboxylic acids is 2. The van der Waals surface area contributed by atoms with Gasteiger partial charge in [0.15, 0.2) is 11.5 Å². The fraction of sp³-hybridized carbons (Fsp3) is 0.250. The van der Waals surface area contributed by atoms with Gasteiger partial charge >= 0.3 is 0 Å². The molecule has 0 radical (unpaired) electrons. The zero-order valence-electron chi connectivity index (χ0n) is 15.3. The van der Waals surface area contributed by atoms with Crippen LogP contribution in [0.1, 0.15) is 33.9 Å². The Bertz CT molecular complexity index is 1000. The number of nitrogens with one attached hydrogen (secondary N) is 1. The molecule has 8 nitrogen and oxygen atoms in total. The van der Waals surface area contributed by atoms with Crippen LogP contribution in [0.3, 0.4) is 0 Å². The first-order chi connectivity index (χ1) is 13.6. The van der Waals surface area contributed by atoms with Crippen molar-refractivity contribution in [3.05, 3.63) is 71.5 Å². The molecule has 8 heteroatoms. The Morgan fingerprint density at radius 2 is 2.04 bits per heavy atom. The second kappa shape index (κ2) is 7.59. The van der Waals surface area contributed by atoms with Gasteiger partial charge < -0.3 is 9.84 Å². The van der Waals surface area contributed by atoms with Crippen LogP contribution in [0.15, 0.2) is 53.3 Å². The van der Waals surface area contributed by atoms with Crippen molar-refractivity contribution in [3.8, 4) is 0 Å². The number of rotatable bonds is 4. The molecule has 3 heterocycles. The van der Waals surface area contributed by atoms with Crippen LogP contribution < -0.4 is 10.2 Å². The number of hydrogen-bond acceptors (Lipinski definition) is 6. The van der Waals surface area contributed by atoms with Crippen LogP contribution in [0.25, 0.3) is 0 Å². The van der Waals surface area contributed by atoms with Gasteiger partial charge in [0.2, 0.25) is 0 Å². The lowest BCUT2D eigenvalue weighted by Gasteiger charge is -2.20. The summed E-state index contributed by atoms with van der Waals surface area (Å²) in [5.41, 5.74) is 1.95. The van der Waals surface area contributed by atoms with Crippen LogP contribution in [-0.4, -0.2) is 40.0 Å². The fourth-order valence-electron chi connectivity index (χ4n) is 3.23. The molecule has 3 aromatic rings. The number of nitrogens with zero attached hydrogens (tertiary/aromatic N) is 4. The van der Waals surface area contributed by atoms with Gasteiger partial charge in [-0.15, -0.1) is 0 Å². The largest absolute Gasteiger partial charge is 0.360 e. The van der Waals surface area contributed by atoms with Gasteiger partial charge in [-0.1, -0.05) is 35.5 Å². The topological polar surface area (TPSA) is 101 Å². The van der Waals surface area contributed by atoms with E-state index < -0.39 is 11.9 Å². The molecule has 1 aliphatic heterocycles. The summed E-state index contributed by atoms with van der Waals surface area (Å²) in [5.74, 6) is 0.430. The summed E-state index contributed by atoms with van der Waals surface area (Å²) in [6.45, 7) is 0. The van der Waals surface area contributed by atoms with E-state index >= 15 is 0 Å². The molecule has 1 unspecified atom stereocenters. The molecule has 1 aromatic carbocycles. The number of fused-ring (bicyclic) bond motifs is 1. The highest BCUT2D eigenvalue weighted by Gasteiger charge is 2.31. The number of aromatic nitrogens is 3. The van der Waals surface area contributed by atoms with Crippen molar-refractivity contribution in [1.29, 1.82) is 0 Å². The summed E-state index contributed by atoms with van der Waals surface area (Å²) in [5, 5.41) is 6.61. The highest BCUT2D eigenvalue weighted by Crippen LogP contribution is 2.21. The Balaban J connectivity index is 1.45. The lowest BCUT2D eigenvalue weighted by Crippen LogP contribution is -2.47. The molecule has 4 rings (SSSR count). The third-order valence-corrected chi connectivity index (χ3v) is 4.69. The van der Waals surface area contributed by atoms with Gasteiger partial charge in [-0.2, -0.15) is 0 Å². The van der Waals surface area contributed by atoms with Gasteiger partial charge in [-0.05, 0) is 18.4 Å². The Kier molecular flexibility index (Phi) is 4.84. The molecule has 1 aliphatic rings. The molecular formula is C20H19N5O3. The molecule has 1 N–H and O–H groups in total. The molecule has 2 aromatic heterocycles. The summed E-state index contributed by atoms with van der Waals surface area (Å²) in [7, 11) is 1.63. The van der Waals surface area contributed by atoms with Crippen molar-refractivity contribution in [3.63, 3.8) is 0 Å². The van der Waals surface area contributed by atoms with Crippen molar-refractivity contribution in [2.75, 3.05) is 11.9 Å². The van der Waals surface area contributed by atoms with Crippen molar-refractivity contribution in [2.45, 2.75) is 25.3 Å². The van der Waals surface area contributed by atoms with Gasteiger partial charge in [0.25, 0.3) is 11.8 Å². The molecule has 0 saturated carbocycles. The molecule has 28 heavy (non-hydrogen) atoms. The van der Waals surface area contributed by atoms with E-state index in [0.717, 1.165) is 11.3 Å². The van der Waals surface area contributed by atoms with E-state index in [1.54, 1.807) is 25.5 Å². The molecule has 142 valence electrons. The molecule has 0 bridgehead atoms. The summed E-state index contributed by atoms with van der Waals surface area (Å²) >= 11 is 0. The molecule has 1 atom stereocenters. The number of carbonyl (C=O) groups is 2. The van der Waals surface area contributed by atoms with Crippen molar-refractivity contribution in [1.82, 2.24) is 20.4 Å². The quantitative estimate of drug-likeness (QED) is 0.743. The van der Waals surface area contributed by atoms with Crippen LogP contribution >= 0.6 is 0 Å². The van der Waals surface area contributed by atoms with Gasteiger partial charge in [-0.3, -0.25) is 19.5 Å². The Hall–Kier alpha value is -3.55. The maximum atomic E-state index is 12.7. The Morgan fingerprint density at radius 3 is 2.86 bits per heavy atom. The normalized spacial score (nSPS) is 16.4. The minimum absolute atomic E-state index is 0.152.